The van der Waals surface area contributed by atoms with Gasteiger partial charge in [-0.05, 0) is 70.5 Å². The number of amides is 2. The second kappa shape index (κ2) is 9.50. The number of carbonyl (C=O) groups is 2. The number of benzene rings is 2. The van der Waals surface area contributed by atoms with Crippen molar-refractivity contribution >= 4 is 27.5 Å². The molecule has 2 aromatic rings. The largest absolute Gasteiger partial charge is 0.350 e. The van der Waals surface area contributed by atoms with Crippen molar-refractivity contribution in [1.29, 1.82) is 0 Å². The van der Waals surface area contributed by atoms with Gasteiger partial charge in [-0.25, -0.2) is 12.7 Å². The van der Waals surface area contributed by atoms with E-state index >= 15 is 0 Å². The molecule has 2 saturated heterocycles. The Balaban J connectivity index is 1.53. The normalized spacial score (nSPS) is 20.8. The maximum absolute atomic E-state index is 13.1. The summed E-state index contributed by atoms with van der Waals surface area (Å²) in [5, 5.41) is 3.04. The third kappa shape index (κ3) is 5.03. The third-order valence-electron chi connectivity index (χ3n) is 6.68. The molecular weight excluding hydrogens is 450 g/mol. The van der Waals surface area contributed by atoms with E-state index in [9.17, 15) is 18.0 Å². The van der Waals surface area contributed by atoms with Crippen molar-refractivity contribution in [2.45, 2.75) is 46.1 Å². The predicted molar refractivity (Wildman–Crippen MR) is 133 cm³/mol. The molecule has 2 aliphatic rings. The lowest BCUT2D eigenvalue weighted by atomic mass is 9.95. The van der Waals surface area contributed by atoms with Gasteiger partial charge >= 0.3 is 0 Å². The number of carbonyl (C=O) groups excluding carboxylic acids is 2. The maximum atomic E-state index is 13.1. The van der Waals surface area contributed by atoms with Crippen LogP contribution in [-0.2, 0) is 14.8 Å². The molecule has 0 aliphatic carbocycles. The molecule has 2 heterocycles. The molecule has 4 rings (SSSR count). The Morgan fingerprint density at radius 1 is 1.06 bits per heavy atom. The molecular formula is C26H33N3O4S. The lowest BCUT2D eigenvalue weighted by molar-refractivity contribution is -0.123. The van der Waals surface area contributed by atoms with Crippen LogP contribution < -0.4 is 9.62 Å². The minimum absolute atomic E-state index is 0.0642. The first-order valence-electron chi connectivity index (χ1n) is 11.8. The van der Waals surface area contributed by atoms with E-state index in [1.807, 2.05) is 0 Å². The van der Waals surface area contributed by atoms with Crippen LogP contribution in [0.1, 0.15) is 60.6 Å². The molecule has 34 heavy (non-hydrogen) atoms. The van der Waals surface area contributed by atoms with Crippen molar-refractivity contribution in [2.24, 2.45) is 5.41 Å². The maximum Gasteiger partial charge on any atom is 0.251 e. The van der Waals surface area contributed by atoms with Crippen LogP contribution in [0, 0.1) is 12.3 Å². The first-order valence-corrected chi connectivity index (χ1v) is 13.5. The van der Waals surface area contributed by atoms with Gasteiger partial charge in [-0.2, -0.15) is 0 Å². The van der Waals surface area contributed by atoms with Crippen molar-refractivity contribution in [3.8, 4) is 0 Å². The smallest absolute Gasteiger partial charge is 0.251 e. The number of anilines is 1. The first-order chi connectivity index (χ1) is 16.1. The molecule has 2 amide bonds. The van der Waals surface area contributed by atoms with E-state index in [-0.39, 0.29) is 23.4 Å². The van der Waals surface area contributed by atoms with Gasteiger partial charge < -0.3 is 5.32 Å². The van der Waals surface area contributed by atoms with E-state index in [4.69, 9.17) is 0 Å². The van der Waals surface area contributed by atoms with Gasteiger partial charge in [0.2, 0.25) is 15.9 Å². The van der Waals surface area contributed by atoms with Gasteiger partial charge in [-0.1, -0.05) is 42.3 Å². The summed E-state index contributed by atoms with van der Waals surface area (Å²) in [5.74, 6) is -1.02. The second-order valence-corrected chi connectivity index (χ2v) is 11.8. The summed E-state index contributed by atoms with van der Waals surface area (Å²) in [6.45, 7) is 7.73. The van der Waals surface area contributed by atoms with Crippen LogP contribution >= 0.6 is 0 Å². The molecule has 2 aliphatic heterocycles. The molecule has 7 nitrogen and oxygen atoms in total. The summed E-state index contributed by atoms with van der Waals surface area (Å²) in [6, 6.07) is 14.8. The quantitative estimate of drug-likeness (QED) is 0.678. The van der Waals surface area contributed by atoms with E-state index in [1.54, 1.807) is 32.0 Å². The van der Waals surface area contributed by atoms with E-state index in [2.05, 4.69) is 41.4 Å². The number of likely N-dealkylation sites (tertiary alicyclic amines) is 1. The molecule has 182 valence electrons. The summed E-state index contributed by atoms with van der Waals surface area (Å²) in [6.07, 6.45) is 3.52. The predicted octanol–water partition coefficient (Wildman–Crippen LogP) is 3.65. The Hall–Kier alpha value is -2.71. The fourth-order valence-electron chi connectivity index (χ4n) is 4.80. The van der Waals surface area contributed by atoms with E-state index in [0.717, 1.165) is 35.8 Å². The Kier molecular flexibility index (Phi) is 6.82. The first kappa shape index (κ1) is 24.4. The fraction of sp³-hybridized carbons (Fsp3) is 0.462. The average Bonchev–Trinajstić information content (AvgIpc) is 2.97. The molecule has 2 fully saturated rings. The van der Waals surface area contributed by atoms with Crippen molar-refractivity contribution in [2.75, 3.05) is 29.7 Å². The van der Waals surface area contributed by atoms with E-state index < -0.39 is 21.3 Å². The van der Waals surface area contributed by atoms with Crippen LogP contribution in [0.15, 0.2) is 48.5 Å². The van der Waals surface area contributed by atoms with Crippen LogP contribution in [0.3, 0.4) is 0 Å². The molecule has 0 aromatic heterocycles. The highest BCUT2D eigenvalue weighted by atomic mass is 32.2. The molecule has 1 N–H and O–H groups in total. The fourth-order valence-corrected chi connectivity index (χ4v) is 6.90. The average molecular weight is 484 g/mol. The Morgan fingerprint density at radius 2 is 1.74 bits per heavy atom. The summed E-state index contributed by atoms with van der Waals surface area (Å²) < 4.78 is 26.1. The number of rotatable bonds is 6. The lowest BCUT2D eigenvalue weighted by Crippen LogP contribution is -2.40. The van der Waals surface area contributed by atoms with Crippen LogP contribution in [0.5, 0.6) is 0 Å². The van der Waals surface area contributed by atoms with Crippen LogP contribution in [0.25, 0.3) is 0 Å². The van der Waals surface area contributed by atoms with Crippen molar-refractivity contribution < 1.29 is 18.0 Å². The molecule has 1 unspecified atom stereocenters. The molecule has 2 aromatic carbocycles. The number of nitrogens with zero attached hydrogens (tertiary/aromatic N) is 2. The van der Waals surface area contributed by atoms with Crippen molar-refractivity contribution in [3.05, 3.63) is 65.2 Å². The minimum atomic E-state index is -3.77. The molecule has 0 radical (unpaired) electrons. The van der Waals surface area contributed by atoms with Crippen molar-refractivity contribution in [3.63, 3.8) is 0 Å². The van der Waals surface area contributed by atoms with Crippen LogP contribution in [0.2, 0.25) is 0 Å². The summed E-state index contributed by atoms with van der Waals surface area (Å²) >= 11 is 0. The minimum Gasteiger partial charge on any atom is -0.350 e. The van der Waals surface area contributed by atoms with Gasteiger partial charge in [0.05, 0.1) is 22.9 Å². The van der Waals surface area contributed by atoms with Crippen molar-refractivity contribution in [1.82, 2.24) is 10.2 Å². The zero-order valence-electron chi connectivity index (χ0n) is 20.1. The van der Waals surface area contributed by atoms with Gasteiger partial charge in [0.15, 0.2) is 0 Å². The summed E-state index contributed by atoms with van der Waals surface area (Å²) in [5.41, 5.74) is 1.89. The molecule has 1 atom stereocenters. The number of hydrogen-bond donors (Lipinski definition) is 1. The summed E-state index contributed by atoms with van der Waals surface area (Å²) in [7, 11) is -3.77. The summed E-state index contributed by atoms with van der Waals surface area (Å²) in [4.78, 5) is 28.2. The zero-order chi connectivity index (χ0) is 24.5. The number of piperidine rings is 1. The molecule has 0 saturated carbocycles. The second-order valence-electron chi connectivity index (χ2n) is 9.99. The number of aryl methyl sites for hydroxylation is 1. The lowest BCUT2D eigenvalue weighted by Gasteiger charge is -2.35. The van der Waals surface area contributed by atoms with E-state index in [1.165, 1.54) is 18.1 Å². The van der Waals surface area contributed by atoms with Crippen LogP contribution in [0.4, 0.5) is 5.69 Å². The third-order valence-corrected chi connectivity index (χ3v) is 8.70. The Labute approximate surface area is 202 Å². The van der Waals surface area contributed by atoms with Gasteiger partial charge in [0.1, 0.15) is 0 Å². The van der Waals surface area contributed by atoms with Gasteiger partial charge in [-0.3, -0.25) is 14.5 Å². The standard InChI is InChI=1S/C26H33N3O4S/c1-19-10-12-20(13-11-19)23(28-14-5-4-6-15-28)17-27-24(30)21-8-7-9-22(16-21)29-25(31)26(2,3)18-34(29,32)33/h7-13,16,23H,4-6,14-15,17-18H2,1-3H3,(H,27,30). The van der Waals surface area contributed by atoms with E-state index in [0.29, 0.717) is 12.1 Å². The van der Waals surface area contributed by atoms with Gasteiger partial charge in [-0.15, -0.1) is 0 Å². The SMILES string of the molecule is Cc1ccc(C(CNC(=O)c2cccc(N3C(=O)C(C)(C)CS3(=O)=O)c2)N2CCCCC2)cc1. The number of nitrogens with one attached hydrogen (secondary N) is 1. The molecule has 0 spiro atoms. The topological polar surface area (TPSA) is 86.8 Å². The van der Waals surface area contributed by atoms with Gasteiger partial charge in [0.25, 0.3) is 5.91 Å². The number of hydrogen-bond acceptors (Lipinski definition) is 5. The highest BCUT2D eigenvalue weighted by Crippen LogP contribution is 2.36. The Bertz CT molecular complexity index is 1170. The zero-order valence-corrected chi connectivity index (χ0v) is 20.9. The highest BCUT2D eigenvalue weighted by Gasteiger charge is 2.50. The van der Waals surface area contributed by atoms with Gasteiger partial charge in [0, 0.05) is 12.1 Å². The molecule has 0 bridgehead atoms. The van der Waals surface area contributed by atoms with Crippen LogP contribution in [-0.4, -0.2) is 50.5 Å². The highest BCUT2D eigenvalue weighted by molar-refractivity contribution is 7.94. The Morgan fingerprint density at radius 3 is 2.35 bits per heavy atom. The molecule has 8 heteroatoms. The monoisotopic (exact) mass is 483 g/mol. The number of sulfonamides is 1.